The highest BCUT2D eigenvalue weighted by Gasteiger charge is 2.48. The van der Waals surface area contributed by atoms with Crippen LogP contribution in [0.25, 0.3) is 0 Å². The smallest absolute Gasteiger partial charge is 0.414 e. The largest absolute Gasteiger partial charge is 0.548 e. The van der Waals surface area contributed by atoms with Crippen LogP contribution in [0.4, 0.5) is 10.5 Å². The number of benzene rings is 1. The van der Waals surface area contributed by atoms with E-state index in [0.717, 1.165) is 0 Å². The Morgan fingerprint density at radius 1 is 1.32 bits per heavy atom. The van der Waals surface area contributed by atoms with Gasteiger partial charge in [0, 0.05) is 24.8 Å². The van der Waals surface area contributed by atoms with Gasteiger partial charge in [0.2, 0.25) is 0 Å². The van der Waals surface area contributed by atoms with Crippen LogP contribution in [-0.4, -0.2) is 61.5 Å². The van der Waals surface area contributed by atoms with Crippen LogP contribution in [0.15, 0.2) is 24.3 Å². The van der Waals surface area contributed by atoms with E-state index in [4.69, 9.17) is 14.7 Å². The number of hydrogen-bond acceptors (Lipinski definition) is 7. The average molecular weight is 386 g/mol. The van der Waals surface area contributed by atoms with Gasteiger partial charge in [0.05, 0.1) is 36.9 Å². The molecule has 0 bridgehead atoms. The summed E-state index contributed by atoms with van der Waals surface area (Å²) >= 11 is 0. The third-order valence-electron chi connectivity index (χ3n) is 5.08. The Kier molecular flexibility index (Phi) is 5.59. The van der Waals surface area contributed by atoms with Gasteiger partial charge in [-0.2, -0.15) is 5.26 Å². The maximum atomic E-state index is 12.3. The van der Waals surface area contributed by atoms with E-state index in [9.17, 15) is 14.7 Å². The van der Waals surface area contributed by atoms with Crippen molar-refractivity contribution >= 4 is 17.7 Å². The molecule has 3 unspecified atom stereocenters. The van der Waals surface area contributed by atoms with Gasteiger partial charge in [-0.3, -0.25) is 9.80 Å². The van der Waals surface area contributed by atoms with Gasteiger partial charge in [0.1, 0.15) is 6.10 Å². The second-order valence-corrected chi connectivity index (χ2v) is 8.26. The number of carbonyl (C=O) groups excluding carboxylic acids is 2. The lowest BCUT2D eigenvalue weighted by Gasteiger charge is -2.54. The lowest BCUT2D eigenvalue weighted by Crippen LogP contribution is -2.67. The molecule has 2 saturated heterocycles. The number of carbonyl (C=O) groups is 2. The Morgan fingerprint density at radius 2 is 2.00 bits per heavy atom. The van der Waals surface area contributed by atoms with Crippen molar-refractivity contribution < 1.29 is 24.2 Å². The lowest BCUT2D eigenvalue weighted by atomic mass is 9.77. The molecule has 150 valence electrons. The number of carboxylic acid groups (broad SMARTS) is 1. The number of rotatable bonds is 6. The van der Waals surface area contributed by atoms with Gasteiger partial charge in [0.15, 0.2) is 0 Å². The molecule has 1 amide bonds. The summed E-state index contributed by atoms with van der Waals surface area (Å²) in [5, 5.41) is 19.6. The van der Waals surface area contributed by atoms with Crippen LogP contribution < -0.4 is 10.0 Å². The van der Waals surface area contributed by atoms with E-state index in [1.165, 1.54) is 0 Å². The molecule has 0 N–H and O–H groups in total. The molecule has 0 aliphatic carbocycles. The van der Waals surface area contributed by atoms with E-state index in [-0.39, 0.29) is 23.7 Å². The first-order valence-corrected chi connectivity index (χ1v) is 9.23. The Labute approximate surface area is 164 Å². The fraction of sp³-hybridized carbons (Fsp3) is 0.550. The molecule has 28 heavy (non-hydrogen) atoms. The number of nitrogens with zero attached hydrogens (tertiary/aromatic N) is 3. The molecule has 1 aromatic rings. The fourth-order valence-corrected chi connectivity index (χ4v) is 3.96. The van der Waals surface area contributed by atoms with Gasteiger partial charge in [-0.25, -0.2) is 4.79 Å². The van der Waals surface area contributed by atoms with E-state index in [1.54, 1.807) is 29.2 Å². The van der Waals surface area contributed by atoms with Crippen molar-refractivity contribution in [3.05, 3.63) is 29.8 Å². The number of nitriles is 1. The summed E-state index contributed by atoms with van der Waals surface area (Å²) in [5.41, 5.74) is 1.10. The summed E-state index contributed by atoms with van der Waals surface area (Å²) in [5.74, 6) is -1.23. The van der Waals surface area contributed by atoms with Crippen molar-refractivity contribution in [3.8, 4) is 6.07 Å². The number of aliphatic carboxylic acids is 1. The standard InChI is InChI=1S/C20H25N3O5/c1-20(2,3)18-16(27-12-17(24)25)11-22(18)9-15-10-23(19(26)28-15)14-6-4-13(8-21)5-7-14/h4-7,15-16,18H,9-12H2,1-3H3,(H,24,25)/p-1. The van der Waals surface area contributed by atoms with E-state index >= 15 is 0 Å². The van der Waals surface area contributed by atoms with Crippen molar-refractivity contribution in [2.24, 2.45) is 5.41 Å². The van der Waals surface area contributed by atoms with Crippen molar-refractivity contribution in [2.75, 3.05) is 31.1 Å². The van der Waals surface area contributed by atoms with Gasteiger partial charge in [-0.15, -0.1) is 0 Å². The molecular weight excluding hydrogens is 362 g/mol. The third-order valence-corrected chi connectivity index (χ3v) is 5.08. The normalized spacial score (nSPS) is 25.1. The van der Waals surface area contributed by atoms with Crippen molar-refractivity contribution in [3.63, 3.8) is 0 Å². The maximum Gasteiger partial charge on any atom is 0.414 e. The molecule has 2 fully saturated rings. The first-order chi connectivity index (χ1) is 13.2. The Hall–Kier alpha value is -2.63. The number of ether oxygens (including phenoxy) is 2. The van der Waals surface area contributed by atoms with Crippen molar-refractivity contribution in [1.29, 1.82) is 5.26 Å². The molecule has 2 aliphatic rings. The van der Waals surface area contributed by atoms with Crippen LogP contribution in [0.1, 0.15) is 26.3 Å². The molecule has 3 rings (SSSR count). The van der Waals surface area contributed by atoms with Crippen LogP contribution in [0.3, 0.4) is 0 Å². The summed E-state index contributed by atoms with van der Waals surface area (Å²) in [7, 11) is 0. The lowest BCUT2D eigenvalue weighted by molar-refractivity contribution is -0.312. The molecule has 8 heteroatoms. The summed E-state index contributed by atoms with van der Waals surface area (Å²) < 4.78 is 11.0. The molecule has 2 aliphatic heterocycles. The minimum atomic E-state index is -1.23. The minimum Gasteiger partial charge on any atom is -0.548 e. The van der Waals surface area contributed by atoms with Crippen LogP contribution >= 0.6 is 0 Å². The zero-order valence-corrected chi connectivity index (χ0v) is 16.3. The van der Waals surface area contributed by atoms with E-state index in [2.05, 4.69) is 31.7 Å². The number of cyclic esters (lactones) is 1. The van der Waals surface area contributed by atoms with Gasteiger partial charge >= 0.3 is 6.09 Å². The molecule has 8 nitrogen and oxygen atoms in total. The monoisotopic (exact) mass is 386 g/mol. The van der Waals surface area contributed by atoms with Gasteiger partial charge in [-0.1, -0.05) is 20.8 Å². The van der Waals surface area contributed by atoms with Crippen LogP contribution in [-0.2, 0) is 14.3 Å². The predicted octanol–water partition coefficient (Wildman–Crippen LogP) is 0.749. The first kappa shape index (κ1) is 20.1. The van der Waals surface area contributed by atoms with Crippen LogP contribution in [0, 0.1) is 16.7 Å². The summed E-state index contributed by atoms with van der Waals surface area (Å²) in [6.45, 7) is 7.35. The van der Waals surface area contributed by atoms with Crippen LogP contribution in [0.2, 0.25) is 0 Å². The molecule has 0 saturated carbocycles. The molecule has 0 spiro atoms. The van der Waals surface area contributed by atoms with Gasteiger partial charge in [0.25, 0.3) is 0 Å². The van der Waals surface area contributed by atoms with Gasteiger partial charge in [-0.05, 0) is 29.7 Å². The predicted molar refractivity (Wildman–Crippen MR) is 98.3 cm³/mol. The molecule has 3 atom stereocenters. The SMILES string of the molecule is CC(C)(C)C1C(OCC(=O)[O-])CN1CC1CN(c2ccc(C#N)cc2)C(=O)O1. The highest BCUT2D eigenvalue weighted by Crippen LogP contribution is 2.36. The Bertz CT molecular complexity index is 781. The van der Waals surface area contributed by atoms with E-state index in [1.807, 2.05) is 0 Å². The zero-order valence-electron chi connectivity index (χ0n) is 16.3. The molecule has 0 aromatic heterocycles. The number of likely N-dealkylation sites (tertiary alicyclic amines) is 1. The van der Waals surface area contributed by atoms with Crippen molar-refractivity contribution in [1.82, 2.24) is 4.90 Å². The molecular formula is C20H24N3O5-. The number of carboxylic acids is 1. The number of hydrogen-bond donors (Lipinski definition) is 0. The summed E-state index contributed by atoms with van der Waals surface area (Å²) in [6.07, 6.45) is -0.896. The maximum absolute atomic E-state index is 12.3. The summed E-state index contributed by atoms with van der Waals surface area (Å²) in [4.78, 5) is 26.7. The second-order valence-electron chi connectivity index (χ2n) is 8.26. The topological polar surface area (TPSA) is 106 Å². The highest BCUT2D eigenvalue weighted by molar-refractivity contribution is 5.89. The van der Waals surface area contributed by atoms with E-state index < -0.39 is 18.7 Å². The average Bonchev–Trinajstić information content (AvgIpc) is 2.96. The zero-order chi connectivity index (χ0) is 20.5. The highest BCUT2D eigenvalue weighted by atomic mass is 16.6. The number of anilines is 1. The third kappa shape index (κ3) is 4.26. The Morgan fingerprint density at radius 3 is 2.57 bits per heavy atom. The number of amides is 1. The van der Waals surface area contributed by atoms with Crippen molar-refractivity contribution in [2.45, 2.75) is 39.0 Å². The summed E-state index contributed by atoms with van der Waals surface area (Å²) in [6, 6.07) is 8.87. The minimum absolute atomic E-state index is 0.0227. The fourth-order valence-electron chi connectivity index (χ4n) is 3.96. The van der Waals surface area contributed by atoms with Crippen LogP contribution in [0.5, 0.6) is 0 Å². The van der Waals surface area contributed by atoms with Gasteiger partial charge < -0.3 is 19.4 Å². The second kappa shape index (κ2) is 7.78. The molecule has 2 heterocycles. The Balaban J connectivity index is 1.61. The quantitative estimate of drug-likeness (QED) is 0.710. The molecule has 1 aromatic carbocycles. The van der Waals surface area contributed by atoms with E-state index in [0.29, 0.717) is 30.9 Å². The molecule has 0 radical (unpaired) electrons. The first-order valence-electron chi connectivity index (χ1n) is 9.23.